The number of rotatable bonds is 14. The van der Waals surface area contributed by atoms with E-state index in [-0.39, 0.29) is 26.9 Å². The SMILES string of the molecule is CCOc1ccc(/C=C(/NC(=O)c2ccccc2)C(=O)Nc2cccc(SCC(=O)Nc3sc(C(=O)Nc4ccccc4)c(C)c3C(=O)OC)c2)cc1. The maximum absolute atomic E-state index is 13.6. The lowest BCUT2D eigenvalue weighted by molar-refractivity contribution is -0.114. The lowest BCUT2D eigenvalue weighted by Gasteiger charge is -2.12. The van der Waals surface area contributed by atoms with Gasteiger partial charge in [-0.15, -0.1) is 23.1 Å². The number of benzene rings is 4. The maximum Gasteiger partial charge on any atom is 0.341 e. The first-order valence-electron chi connectivity index (χ1n) is 16.4. The number of anilines is 3. The molecular formula is C40H36N4O7S2. The summed E-state index contributed by atoms with van der Waals surface area (Å²) in [5, 5.41) is 11.3. The summed E-state index contributed by atoms with van der Waals surface area (Å²) < 4.78 is 10.5. The molecule has 13 heteroatoms. The Kier molecular flexibility index (Phi) is 13.2. The number of thiophene rings is 1. The van der Waals surface area contributed by atoms with Crippen molar-refractivity contribution in [3.05, 3.63) is 142 Å². The zero-order valence-electron chi connectivity index (χ0n) is 29.1. The summed E-state index contributed by atoms with van der Waals surface area (Å²) in [5.74, 6) is -1.90. The van der Waals surface area contributed by atoms with Gasteiger partial charge in [-0.25, -0.2) is 4.79 Å². The van der Waals surface area contributed by atoms with E-state index in [1.165, 1.54) is 18.9 Å². The fourth-order valence-electron chi connectivity index (χ4n) is 4.99. The third kappa shape index (κ3) is 10.4. The van der Waals surface area contributed by atoms with Crippen LogP contribution in [0.25, 0.3) is 6.08 Å². The first-order valence-corrected chi connectivity index (χ1v) is 18.2. The van der Waals surface area contributed by atoms with Gasteiger partial charge in [-0.05, 0) is 85.6 Å². The molecule has 270 valence electrons. The molecule has 1 heterocycles. The van der Waals surface area contributed by atoms with Crippen LogP contribution in [0.1, 0.15) is 48.4 Å². The highest BCUT2D eigenvalue weighted by molar-refractivity contribution is 8.00. The van der Waals surface area contributed by atoms with E-state index >= 15 is 0 Å². The van der Waals surface area contributed by atoms with E-state index < -0.39 is 29.6 Å². The Balaban J connectivity index is 1.27. The Hall–Kier alpha value is -6.18. The summed E-state index contributed by atoms with van der Waals surface area (Å²) in [6.07, 6.45) is 1.57. The van der Waals surface area contributed by atoms with Gasteiger partial charge in [-0.3, -0.25) is 19.2 Å². The van der Waals surface area contributed by atoms with Gasteiger partial charge < -0.3 is 30.7 Å². The Morgan fingerprint density at radius 1 is 0.774 bits per heavy atom. The van der Waals surface area contributed by atoms with Gasteiger partial charge in [0.25, 0.3) is 17.7 Å². The second-order valence-electron chi connectivity index (χ2n) is 11.3. The topological polar surface area (TPSA) is 152 Å². The number of hydrogen-bond donors (Lipinski definition) is 4. The number of carbonyl (C=O) groups is 5. The number of methoxy groups -OCH3 is 1. The van der Waals surface area contributed by atoms with Gasteiger partial charge in [-0.2, -0.15) is 0 Å². The van der Waals surface area contributed by atoms with Crippen LogP contribution < -0.4 is 26.0 Å². The van der Waals surface area contributed by atoms with Crippen LogP contribution in [0.3, 0.4) is 0 Å². The standard InChI is InChI=1S/C40H36N4O7S2/c1-4-51-30-20-18-26(19-21-30)22-32(43-36(46)27-12-7-5-8-13-27)37(47)42-29-16-11-17-31(23-29)52-24-33(45)44-39-34(40(49)50-3)25(2)35(53-39)38(48)41-28-14-9-6-10-15-28/h5-23H,4,24H2,1-3H3,(H,41,48)(H,42,47)(H,43,46)(H,44,45)/b32-22+. The molecule has 53 heavy (non-hydrogen) atoms. The third-order valence-electron chi connectivity index (χ3n) is 7.52. The molecule has 0 aliphatic carbocycles. The van der Waals surface area contributed by atoms with Crippen molar-refractivity contribution in [2.75, 3.05) is 35.4 Å². The highest BCUT2D eigenvalue weighted by Crippen LogP contribution is 2.35. The highest BCUT2D eigenvalue weighted by Gasteiger charge is 2.26. The number of amides is 4. The molecule has 4 N–H and O–H groups in total. The zero-order chi connectivity index (χ0) is 37.7. The Bertz CT molecular complexity index is 2130. The number of esters is 1. The molecule has 4 amide bonds. The normalized spacial score (nSPS) is 10.9. The number of hydrogen-bond acceptors (Lipinski definition) is 9. The van der Waals surface area contributed by atoms with E-state index in [2.05, 4.69) is 21.3 Å². The average molecular weight is 749 g/mol. The van der Waals surface area contributed by atoms with Crippen LogP contribution >= 0.6 is 23.1 Å². The molecule has 11 nitrogen and oxygen atoms in total. The van der Waals surface area contributed by atoms with E-state index in [1.807, 2.05) is 13.0 Å². The van der Waals surface area contributed by atoms with E-state index in [0.29, 0.717) is 45.3 Å². The summed E-state index contributed by atoms with van der Waals surface area (Å²) in [4.78, 5) is 66.4. The van der Waals surface area contributed by atoms with Crippen molar-refractivity contribution in [1.29, 1.82) is 0 Å². The van der Waals surface area contributed by atoms with Gasteiger partial charge in [0.2, 0.25) is 5.91 Å². The van der Waals surface area contributed by atoms with E-state index in [0.717, 1.165) is 11.3 Å². The summed E-state index contributed by atoms with van der Waals surface area (Å²) in [5.41, 5.74) is 2.58. The Morgan fingerprint density at radius 3 is 2.13 bits per heavy atom. The summed E-state index contributed by atoms with van der Waals surface area (Å²) in [6.45, 7) is 4.02. The molecule has 0 aliphatic rings. The number of nitrogens with one attached hydrogen (secondary N) is 4. The largest absolute Gasteiger partial charge is 0.494 e. The van der Waals surface area contributed by atoms with Crippen molar-refractivity contribution < 1.29 is 33.4 Å². The Labute approximate surface area is 314 Å². The fourth-order valence-corrected chi connectivity index (χ4v) is 6.85. The average Bonchev–Trinajstić information content (AvgIpc) is 3.50. The number of para-hydroxylation sites is 1. The lowest BCUT2D eigenvalue weighted by atomic mass is 10.1. The lowest BCUT2D eigenvalue weighted by Crippen LogP contribution is -2.30. The second-order valence-corrected chi connectivity index (χ2v) is 13.3. The quantitative estimate of drug-likeness (QED) is 0.0514. The fraction of sp³-hybridized carbons (Fsp3) is 0.125. The summed E-state index contributed by atoms with van der Waals surface area (Å²) >= 11 is 2.18. The predicted molar refractivity (Wildman–Crippen MR) is 209 cm³/mol. The highest BCUT2D eigenvalue weighted by atomic mass is 32.2. The van der Waals surface area contributed by atoms with E-state index in [9.17, 15) is 24.0 Å². The molecule has 0 unspecified atom stereocenters. The third-order valence-corrected chi connectivity index (χ3v) is 9.72. The molecule has 0 bridgehead atoms. The minimum atomic E-state index is -0.681. The van der Waals surface area contributed by atoms with Crippen LogP contribution in [0.2, 0.25) is 0 Å². The molecule has 0 fully saturated rings. The molecule has 0 saturated carbocycles. The molecule has 5 aromatic rings. The predicted octanol–water partition coefficient (Wildman–Crippen LogP) is 7.63. The molecule has 1 aromatic heterocycles. The van der Waals surface area contributed by atoms with Crippen LogP contribution in [0, 0.1) is 6.92 Å². The van der Waals surface area contributed by atoms with Crippen molar-refractivity contribution in [3.63, 3.8) is 0 Å². The molecule has 0 radical (unpaired) electrons. The van der Waals surface area contributed by atoms with Crippen LogP contribution in [-0.4, -0.2) is 49.1 Å². The molecule has 5 rings (SSSR count). The second kappa shape index (κ2) is 18.4. The monoisotopic (exact) mass is 748 g/mol. The zero-order valence-corrected chi connectivity index (χ0v) is 30.7. The van der Waals surface area contributed by atoms with Gasteiger partial charge >= 0.3 is 5.97 Å². The van der Waals surface area contributed by atoms with Crippen LogP contribution in [0.15, 0.2) is 120 Å². The number of carbonyl (C=O) groups excluding carboxylic acids is 5. The maximum atomic E-state index is 13.6. The number of thioether (sulfide) groups is 1. The van der Waals surface area contributed by atoms with Gasteiger partial charge in [0, 0.05) is 21.8 Å². The minimum Gasteiger partial charge on any atom is -0.494 e. The van der Waals surface area contributed by atoms with Gasteiger partial charge in [0.05, 0.1) is 29.9 Å². The van der Waals surface area contributed by atoms with Gasteiger partial charge in [-0.1, -0.05) is 54.6 Å². The van der Waals surface area contributed by atoms with Crippen molar-refractivity contribution in [1.82, 2.24) is 5.32 Å². The minimum absolute atomic E-state index is 0.0184. The molecule has 4 aromatic carbocycles. The smallest absolute Gasteiger partial charge is 0.341 e. The summed E-state index contributed by atoms with van der Waals surface area (Å²) in [7, 11) is 1.23. The van der Waals surface area contributed by atoms with Crippen LogP contribution in [0.4, 0.5) is 16.4 Å². The van der Waals surface area contributed by atoms with Gasteiger partial charge in [0.1, 0.15) is 16.4 Å². The van der Waals surface area contributed by atoms with Crippen LogP contribution in [-0.2, 0) is 14.3 Å². The molecule has 0 atom stereocenters. The van der Waals surface area contributed by atoms with Crippen LogP contribution in [0.5, 0.6) is 5.75 Å². The molecule has 0 aliphatic heterocycles. The summed E-state index contributed by atoms with van der Waals surface area (Å²) in [6, 6.07) is 31.4. The van der Waals surface area contributed by atoms with Crippen molar-refractivity contribution in [2.24, 2.45) is 0 Å². The molecule has 0 saturated heterocycles. The number of ether oxygens (including phenoxy) is 2. The van der Waals surface area contributed by atoms with Gasteiger partial charge in [0.15, 0.2) is 0 Å². The Morgan fingerprint density at radius 2 is 1.45 bits per heavy atom. The van der Waals surface area contributed by atoms with E-state index in [1.54, 1.807) is 116 Å². The molecule has 0 spiro atoms. The van der Waals surface area contributed by atoms with Crippen molar-refractivity contribution in [3.8, 4) is 5.75 Å². The first kappa shape index (κ1) is 38.1. The van der Waals surface area contributed by atoms with Crippen molar-refractivity contribution in [2.45, 2.75) is 18.7 Å². The van der Waals surface area contributed by atoms with E-state index in [4.69, 9.17) is 9.47 Å². The first-order chi connectivity index (χ1) is 25.6. The van der Waals surface area contributed by atoms with Crippen molar-refractivity contribution >= 4 is 75.1 Å². The molecular weight excluding hydrogens is 713 g/mol.